The summed E-state index contributed by atoms with van der Waals surface area (Å²) in [6.45, 7) is 3.67. The first-order valence-electron chi connectivity index (χ1n) is 9.40. The van der Waals surface area contributed by atoms with Gasteiger partial charge in [0.05, 0.1) is 12.2 Å². The van der Waals surface area contributed by atoms with Gasteiger partial charge in [0.15, 0.2) is 0 Å². The predicted octanol–water partition coefficient (Wildman–Crippen LogP) is 5.35. The van der Waals surface area contributed by atoms with Crippen LogP contribution in [0.15, 0.2) is 42.5 Å². The van der Waals surface area contributed by atoms with Crippen LogP contribution in [-0.2, 0) is 28.7 Å². The van der Waals surface area contributed by atoms with E-state index in [4.69, 9.17) is 10.5 Å². The van der Waals surface area contributed by atoms with Gasteiger partial charge >= 0.3 is 12.1 Å². The summed E-state index contributed by atoms with van der Waals surface area (Å²) in [5.41, 5.74) is 6.86. The third-order valence-electron chi connectivity index (χ3n) is 4.63. The van der Waals surface area contributed by atoms with Gasteiger partial charge in [-0.25, -0.2) is 0 Å². The van der Waals surface area contributed by atoms with Gasteiger partial charge in [0.25, 0.3) is 0 Å². The number of esters is 1. The fraction of sp³-hybridized carbons (Fsp3) is 0.409. The Labute approximate surface area is 163 Å². The topological polar surface area (TPSA) is 52.3 Å². The quantitative estimate of drug-likeness (QED) is 0.615. The average molecular weight is 393 g/mol. The summed E-state index contributed by atoms with van der Waals surface area (Å²) < 4.78 is 46.2. The van der Waals surface area contributed by atoms with Crippen LogP contribution in [0.2, 0.25) is 0 Å². The van der Waals surface area contributed by atoms with E-state index in [0.717, 1.165) is 5.56 Å². The molecule has 2 N–H and O–H groups in total. The molecule has 0 fully saturated rings. The van der Waals surface area contributed by atoms with Crippen molar-refractivity contribution in [2.75, 3.05) is 6.61 Å². The number of hydrogen-bond donors (Lipinski definition) is 1. The van der Waals surface area contributed by atoms with Crippen LogP contribution in [-0.4, -0.2) is 12.6 Å². The zero-order chi connectivity index (χ0) is 20.7. The number of rotatable bonds is 8. The first-order chi connectivity index (χ1) is 13.3. The van der Waals surface area contributed by atoms with Crippen LogP contribution in [0.1, 0.15) is 43.4 Å². The average Bonchev–Trinajstić information content (AvgIpc) is 2.65. The highest BCUT2D eigenvalue weighted by molar-refractivity contribution is 5.69. The molecule has 0 amide bonds. The third-order valence-corrected chi connectivity index (χ3v) is 4.63. The van der Waals surface area contributed by atoms with Crippen LogP contribution in [0, 0.1) is 5.92 Å². The number of benzene rings is 2. The molecule has 28 heavy (non-hydrogen) atoms. The number of ether oxygens (including phenoxy) is 1. The molecule has 0 aliphatic rings. The van der Waals surface area contributed by atoms with E-state index < -0.39 is 11.7 Å². The molecule has 0 saturated carbocycles. The fourth-order valence-corrected chi connectivity index (χ4v) is 3.33. The molecule has 2 aromatic rings. The molecule has 6 heteroatoms. The van der Waals surface area contributed by atoms with Gasteiger partial charge in [-0.15, -0.1) is 0 Å². The molecule has 0 aromatic heterocycles. The molecule has 0 saturated heterocycles. The van der Waals surface area contributed by atoms with E-state index in [0.29, 0.717) is 18.6 Å². The fourth-order valence-electron chi connectivity index (χ4n) is 3.33. The molecule has 0 radical (unpaired) electrons. The Morgan fingerprint density at radius 2 is 1.75 bits per heavy atom. The van der Waals surface area contributed by atoms with Crippen LogP contribution in [0.25, 0.3) is 11.1 Å². The van der Waals surface area contributed by atoms with Gasteiger partial charge in [-0.1, -0.05) is 43.3 Å². The predicted molar refractivity (Wildman–Crippen MR) is 104 cm³/mol. The van der Waals surface area contributed by atoms with Crippen LogP contribution in [0.3, 0.4) is 0 Å². The molecular formula is C22H26F3NO2. The van der Waals surface area contributed by atoms with Gasteiger partial charge < -0.3 is 10.5 Å². The molecule has 0 heterocycles. The lowest BCUT2D eigenvalue weighted by molar-refractivity contribution is -0.143. The van der Waals surface area contributed by atoms with E-state index in [-0.39, 0.29) is 42.4 Å². The molecule has 152 valence electrons. The Balaban J connectivity index is 2.37. The molecule has 1 atom stereocenters. The Morgan fingerprint density at radius 3 is 2.32 bits per heavy atom. The molecule has 3 nitrogen and oxygen atoms in total. The minimum Gasteiger partial charge on any atom is -0.466 e. The summed E-state index contributed by atoms with van der Waals surface area (Å²) in [6.07, 6.45) is -3.62. The highest BCUT2D eigenvalue weighted by atomic mass is 19.4. The first kappa shape index (κ1) is 22.0. The van der Waals surface area contributed by atoms with Crippen molar-refractivity contribution < 1.29 is 22.7 Å². The summed E-state index contributed by atoms with van der Waals surface area (Å²) in [5, 5.41) is 0. The minimum atomic E-state index is -4.49. The maximum absolute atomic E-state index is 13.8. The van der Waals surface area contributed by atoms with Crippen LogP contribution in [0.4, 0.5) is 13.2 Å². The second kappa shape index (κ2) is 9.73. The van der Waals surface area contributed by atoms with E-state index in [9.17, 15) is 18.0 Å². The first-order valence-corrected chi connectivity index (χ1v) is 9.40. The van der Waals surface area contributed by atoms with Gasteiger partial charge in [0, 0.05) is 13.0 Å². The van der Waals surface area contributed by atoms with Crippen molar-refractivity contribution in [2.24, 2.45) is 11.7 Å². The Kier molecular flexibility index (Phi) is 7.63. The summed E-state index contributed by atoms with van der Waals surface area (Å²) >= 11 is 0. The molecule has 1 unspecified atom stereocenters. The maximum atomic E-state index is 13.8. The van der Waals surface area contributed by atoms with Gasteiger partial charge in [-0.2, -0.15) is 13.2 Å². The molecule has 0 bridgehead atoms. The summed E-state index contributed by atoms with van der Waals surface area (Å²) in [6, 6.07) is 12.4. The second-order valence-electron chi connectivity index (χ2n) is 6.89. The number of hydrogen-bond acceptors (Lipinski definition) is 3. The zero-order valence-electron chi connectivity index (χ0n) is 16.2. The molecule has 0 spiro atoms. The SMILES string of the molecule is CCOC(=O)CCC(C)Cc1cc(-c2ccccc2)cc(CN)c1C(F)(F)F. The van der Waals surface area contributed by atoms with Crippen molar-refractivity contribution >= 4 is 5.97 Å². The minimum absolute atomic E-state index is 0.0847. The Morgan fingerprint density at radius 1 is 1.11 bits per heavy atom. The van der Waals surface area contributed by atoms with E-state index in [1.165, 1.54) is 6.07 Å². The number of nitrogens with two attached hydrogens (primary N) is 1. The highest BCUT2D eigenvalue weighted by Gasteiger charge is 2.36. The van der Waals surface area contributed by atoms with Crippen molar-refractivity contribution in [3.63, 3.8) is 0 Å². The van der Waals surface area contributed by atoms with Crippen molar-refractivity contribution in [3.05, 3.63) is 59.2 Å². The van der Waals surface area contributed by atoms with Crippen molar-refractivity contribution in [1.29, 1.82) is 0 Å². The lowest BCUT2D eigenvalue weighted by Crippen LogP contribution is -2.17. The molecular weight excluding hydrogens is 367 g/mol. The summed E-state index contributed by atoms with van der Waals surface area (Å²) in [5.74, 6) is -0.437. The number of halogens is 3. The molecule has 0 aliphatic heterocycles. The zero-order valence-corrected chi connectivity index (χ0v) is 16.2. The van der Waals surface area contributed by atoms with Gasteiger partial charge in [0.1, 0.15) is 0 Å². The van der Waals surface area contributed by atoms with E-state index in [1.54, 1.807) is 13.0 Å². The molecule has 0 aliphatic carbocycles. The maximum Gasteiger partial charge on any atom is 0.416 e. The standard InChI is InChI=1S/C22H26F3NO2/c1-3-28-20(27)10-9-15(2)11-18-12-17(16-7-5-4-6-8-16)13-19(14-26)21(18)22(23,24)25/h4-8,12-13,15H,3,9-11,14,26H2,1-2H3. The Bertz CT molecular complexity index is 788. The monoisotopic (exact) mass is 393 g/mol. The van der Waals surface area contributed by atoms with Crippen molar-refractivity contribution in [2.45, 2.75) is 45.8 Å². The van der Waals surface area contributed by atoms with Crippen molar-refractivity contribution in [1.82, 2.24) is 0 Å². The largest absolute Gasteiger partial charge is 0.466 e. The van der Waals surface area contributed by atoms with Crippen molar-refractivity contribution in [3.8, 4) is 11.1 Å². The lowest BCUT2D eigenvalue weighted by atomic mass is 9.88. The number of alkyl halides is 3. The number of carbonyl (C=O) groups excluding carboxylic acids is 1. The van der Waals surface area contributed by atoms with Crippen LogP contribution < -0.4 is 5.73 Å². The lowest BCUT2D eigenvalue weighted by Gasteiger charge is -2.21. The van der Waals surface area contributed by atoms with Crippen LogP contribution in [0.5, 0.6) is 0 Å². The normalized spacial score (nSPS) is 12.6. The van der Waals surface area contributed by atoms with Gasteiger partial charge in [-0.3, -0.25) is 4.79 Å². The van der Waals surface area contributed by atoms with E-state index in [2.05, 4.69) is 0 Å². The third kappa shape index (κ3) is 5.83. The van der Waals surface area contributed by atoms with Gasteiger partial charge in [-0.05, 0) is 54.0 Å². The van der Waals surface area contributed by atoms with E-state index in [1.807, 2.05) is 37.3 Å². The molecule has 2 aromatic carbocycles. The smallest absolute Gasteiger partial charge is 0.416 e. The van der Waals surface area contributed by atoms with Crippen LogP contribution >= 0.6 is 0 Å². The van der Waals surface area contributed by atoms with Gasteiger partial charge in [0.2, 0.25) is 0 Å². The summed E-state index contributed by atoms with van der Waals surface area (Å²) in [4.78, 5) is 11.5. The Hall–Kier alpha value is -2.34. The number of carbonyl (C=O) groups is 1. The van der Waals surface area contributed by atoms with E-state index >= 15 is 0 Å². The molecule has 2 rings (SSSR count). The second-order valence-corrected chi connectivity index (χ2v) is 6.89. The highest BCUT2D eigenvalue weighted by Crippen LogP contribution is 2.38. The summed E-state index contributed by atoms with van der Waals surface area (Å²) in [7, 11) is 0.